The van der Waals surface area contributed by atoms with Crippen LogP contribution in [0.1, 0.15) is 5.69 Å². The van der Waals surface area contributed by atoms with E-state index in [0.29, 0.717) is 0 Å². The van der Waals surface area contributed by atoms with Crippen LogP contribution >= 0.6 is 0 Å². The lowest BCUT2D eigenvalue weighted by Gasteiger charge is -2.05. The summed E-state index contributed by atoms with van der Waals surface area (Å²) in [6, 6.07) is 8.07. The van der Waals surface area contributed by atoms with Crippen LogP contribution < -0.4 is 5.73 Å². The van der Waals surface area contributed by atoms with Crippen LogP contribution in [-0.4, -0.2) is 14.5 Å². The second kappa shape index (κ2) is 4.49. The van der Waals surface area contributed by atoms with Crippen LogP contribution in [0.15, 0.2) is 49.1 Å². The number of hydrogen-bond donors (Lipinski definition) is 1. The molecule has 0 aliphatic carbocycles. The summed E-state index contributed by atoms with van der Waals surface area (Å²) in [7, 11) is 0. The highest BCUT2D eigenvalue weighted by Gasteiger charge is 2.02. The molecule has 0 saturated carbocycles. The van der Waals surface area contributed by atoms with E-state index in [4.69, 9.17) is 5.73 Å². The quantitative estimate of drug-likeness (QED) is 0.712. The Morgan fingerprint density at radius 2 is 2.11 bits per heavy atom. The zero-order valence-corrected chi connectivity index (χ0v) is 9.95. The summed E-state index contributed by atoms with van der Waals surface area (Å²) in [5, 5.41) is 1.18. The van der Waals surface area contributed by atoms with E-state index in [1.54, 1.807) is 12.4 Å². The van der Waals surface area contributed by atoms with Gasteiger partial charge in [-0.25, -0.2) is 0 Å². The molecule has 0 amide bonds. The van der Waals surface area contributed by atoms with E-state index in [-0.39, 0.29) is 0 Å². The number of hydrogen-bond acceptors (Lipinski definition) is 3. The Morgan fingerprint density at radius 1 is 1.17 bits per heavy atom. The first kappa shape index (κ1) is 10.8. The molecule has 18 heavy (non-hydrogen) atoms. The van der Waals surface area contributed by atoms with Crippen molar-refractivity contribution in [2.45, 2.75) is 13.0 Å². The van der Waals surface area contributed by atoms with Gasteiger partial charge in [-0.3, -0.25) is 9.97 Å². The van der Waals surface area contributed by atoms with E-state index in [1.807, 2.05) is 18.3 Å². The van der Waals surface area contributed by atoms with Gasteiger partial charge in [0.1, 0.15) is 0 Å². The second-order valence-corrected chi connectivity index (χ2v) is 4.27. The van der Waals surface area contributed by atoms with Gasteiger partial charge in [0, 0.05) is 54.3 Å². The number of rotatable bonds is 3. The first-order chi connectivity index (χ1) is 8.83. The molecule has 0 saturated heterocycles. The largest absolute Gasteiger partial charge is 0.399 e. The predicted molar refractivity (Wildman–Crippen MR) is 72.1 cm³/mol. The van der Waals surface area contributed by atoms with Crippen LogP contribution in [0.4, 0.5) is 5.69 Å². The maximum absolute atomic E-state index is 5.77. The maximum atomic E-state index is 5.77. The van der Waals surface area contributed by atoms with Gasteiger partial charge in [-0.15, -0.1) is 0 Å². The average molecular weight is 238 g/mol. The number of aryl methyl sites for hydroxylation is 2. The third-order valence-electron chi connectivity index (χ3n) is 3.02. The van der Waals surface area contributed by atoms with Crippen molar-refractivity contribution < 1.29 is 0 Å². The normalized spacial score (nSPS) is 10.9. The maximum Gasteiger partial charge on any atom is 0.0604 e. The third kappa shape index (κ3) is 2.05. The second-order valence-electron chi connectivity index (χ2n) is 4.27. The van der Waals surface area contributed by atoms with Crippen molar-refractivity contribution in [3.8, 4) is 0 Å². The molecule has 4 heteroatoms. The lowest BCUT2D eigenvalue weighted by molar-refractivity contribution is 0.707. The van der Waals surface area contributed by atoms with Gasteiger partial charge in [0.2, 0.25) is 0 Å². The van der Waals surface area contributed by atoms with E-state index in [2.05, 4.69) is 32.9 Å². The summed E-state index contributed by atoms with van der Waals surface area (Å²) in [6.45, 7) is 0.895. The first-order valence-electron chi connectivity index (χ1n) is 5.92. The van der Waals surface area contributed by atoms with Crippen molar-refractivity contribution in [3.05, 3.63) is 54.7 Å². The molecule has 0 radical (unpaired) electrons. The van der Waals surface area contributed by atoms with Crippen molar-refractivity contribution in [1.29, 1.82) is 0 Å². The van der Waals surface area contributed by atoms with Crippen LogP contribution in [0.3, 0.4) is 0 Å². The van der Waals surface area contributed by atoms with Crippen LogP contribution in [0.2, 0.25) is 0 Å². The standard InChI is InChI=1S/C14H14N4/c15-12-1-2-14-11(9-12)3-7-18(14)8-4-13-10-16-5-6-17-13/h1-3,5-7,9-10H,4,8,15H2. The molecule has 0 unspecified atom stereocenters. The monoisotopic (exact) mass is 238 g/mol. The molecule has 1 aromatic carbocycles. The Balaban J connectivity index is 1.83. The number of aromatic nitrogens is 3. The fourth-order valence-electron chi connectivity index (χ4n) is 2.11. The molecule has 0 aliphatic rings. The molecule has 0 spiro atoms. The molecule has 4 nitrogen and oxygen atoms in total. The summed E-state index contributed by atoms with van der Waals surface area (Å²) in [5.41, 5.74) is 8.78. The van der Waals surface area contributed by atoms with E-state index >= 15 is 0 Å². The molecule has 2 N–H and O–H groups in total. The first-order valence-corrected chi connectivity index (χ1v) is 5.92. The molecule has 2 aromatic heterocycles. The van der Waals surface area contributed by atoms with Crippen LogP contribution in [0, 0.1) is 0 Å². The van der Waals surface area contributed by atoms with Gasteiger partial charge in [0.05, 0.1) is 5.69 Å². The van der Waals surface area contributed by atoms with E-state index in [0.717, 1.165) is 24.3 Å². The zero-order chi connectivity index (χ0) is 12.4. The summed E-state index contributed by atoms with van der Waals surface area (Å²) >= 11 is 0. The number of anilines is 1. The molecule has 3 aromatic rings. The highest BCUT2D eigenvalue weighted by Crippen LogP contribution is 2.19. The topological polar surface area (TPSA) is 56.7 Å². The molecule has 2 heterocycles. The van der Waals surface area contributed by atoms with Crippen molar-refractivity contribution in [2.24, 2.45) is 0 Å². The van der Waals surface area contributed by atoms with Gasteiger partial charge in [0.25, 0.3) is 0 Å². The van der Waals surface area contributed by atoms with Gasteiger partial charge < -0.3 is 10.3 Å². The van der Waals surface area contributed by atoms with Crippen LogP contribution in [0.25, 0.3) is 10.9 Å². The summed E-state index contributed by atoms with van der Waals surface area (Å²) in [6.07, 6.45) is 8.19. The van der Waals surface area contributed by atoms with Crippen molar-refractivity contribution in [3.63, 3.8) is 0 Å². The predicted octanol–water partition coefficient (Wildman–Crippen LogP) is 2.26. The minimum absolute atomic E-state index is 0.800. The highest BCUT2D eigenvalue weighted by molar-refractivity contribution is 5.83. The smallest absolute Gasteiger partial charge is 0.0604 e. The van der Waals surface area contributed by atoms with Gasteiger partial charge in [-0.2, -0.15) is 0 Å². The van der Waals surface area contributed by atoms with Crippen LogP contribution in [-0.2, 0) is 13.0 Å². The number of nitrogens with zero attached hydrogens (tertiary/aromatic N) is 3. The minimum atomic E-state index is 0.800. The van der Waals surface area contributed by atoms with E-state index < -0.39 is 0 Å². The molecule has 0 atom stereocenters. The summed E-state index contributed by atoms with van der Waals surface area (Å²) < 4.78 is 2.21. The number of benzene rings is 1. The highest BCUT2D eigenvalue weighted by atomic mass is 15.0. The third-order valence-corrected chi connectivity index (χ3v) is 3.02. The molecular weight excluding hydrogens is 224 g/mol. The van der Waals surface area contributed by atoms with Gasteiger partial charge in [0.15, 0.2) is 0 Å². The number of fused-ring (bicyclic) bond motifs is 1. The van der Waals surface area contributed by atoms with Crippen molar-refractivity contribution in [2.75, 3.05) is 5.73 Å². The molecule has 3 rings (SSSR count). The lowest BCUT2D eigenvalue weighted by Crippen LogP contribution is -2.01. The SMILES string of the molecule is Nc1ccc2c(ccn2CCc2cnccn2)c1. The Kier molecular flexibility index (Phi) is 2.68. The van der Waals surface area contributed by atoms with Gasteiger partial charge in [-0.05, 0) is 24.3 Å². The minimum Gasteiger partial charge on any atom is -0.399 e. The van der Waals surface area contributed by atoms with Crippen molar-refractivity contribution >= 4 is 16.6 Å². The Hall–Kier alpha value is -2.36. The zero-order valence-electron chi connectivity index (χ0n) is 9.95. The molecule has 0 aliphatic heterocycles. The fraction of sp³-hybridized carbons (Fsp3) is 0.143. The van der Waals surface area contributed by atoms with Crippen LogP contribution in [0.5, 0.6) is 0 Å². The number of nitrogen functional groups attached to an aromatic ring is 1. The summed E-state index contributed by atoms with van der Waals surface area (Å²) in [5.74, 6) is 0. The Morgan fingerprint density at radius 3 is 2.94 bits per heavy atom. The molecule has 90 valence electrons. The number of nitrogens with two attached hydrogens (primary N) is 1. The van der Waals surface area contributed by atoms with E-state index in [1.165, 1.54) is 10.9 Å². The van der Waals surface area contributed by atoms with Gasteiger partial charge in [-0.1, -0.05) is 0 Å². The molecule has 0 bridgehead atoms. The van der Waals surface area contributed by atoms with Gasteiger partial charge >= 0.3 is 0 Å². The summed E-state index contributed by atoms with van der Waals surface area (Å²) in [4.78, 5) is 8.35. The molecular formula is C14H14N4. The average Bonchev–Trinajstić information content (AvgIpc) is 2.80. The van der Waals surface area contributed by atoms with E-state index in [9.17, 15) is 0 Å². The Labute approximate surface area is 105 Å². The molecule has 0 fully saturated rings. The van der Waals surface area contributed by atoms with Crippen molar-refractivity contribution in [1.82, 2.24) is 14.5 Å². The lowest BCUT2D eigenvalue weighted by atomic mass is 10.2. The fourth-order valence-corrected chi connectivity index (χ4v) is 2.11. The Bertz CT molecular complexity index is 658.